The van der Waals surface area contributed by atoms with Gasteiger partial charge in [0.05, 0.1) is 22.4 Å². The number of allylic oxidation sites excluding steroid dienone is 2. The minimum atomic E-state index is 0. The minimum Gasteiger partial charge on any atom is -0.501 e. The Hall–Kier alpha value is -4.31. The van der Waals surface area contributed by atoms with Crippen LogP contribution in [0.4, 0.5) is 0 Å². The molecule has 0 N–H and O–H groups in total. The topological polar surface area (TPSA) is 43.9 Å². The number of aromatic nitrogens is 3. The third-order valence-electron chi connectivity index (χ3n) is 8.93. The standard InChI is InChI=1S/C22H18NO.C17H13N2.Ir/c1-2-7-15(6-1)16-12-13-23-20(14-16)19-10-5-9-18-17-8-3-4-11-21(17)24-22(18)19;1-12-10-11-19-16-14(12)8-5-9-15(16)18-17(19)13-6-3-2-4-7-13;/h3-5,8-9,11-15H,1-2,6-7H2;2-6,8-10H,11H2,1H3;/q2*-1;. The van der Waals surface area contributed by atoms with Crippen molar-refractivity contribution < 1.29 is 24.5 Å². The van der Waals surface area contributed by atoms with Gasteiger partial charge in [0.2, 0.25) is 0 Å². The van der Waals surface area contributed by atoms with Gasteiger partial charge in [0.1, 0.15) is 5.58 Å². The molecule has 0 bridgehead atoms. The summed E-state index contributed by atoms with van der Waals surface area (Å²) >= 11 is 0. The van der Waals surface area contributed by atoms with E-state index in [4.69, 9.17) is 9.40 Å². The molecule has 0 unspecified atom stereocenters. The van der Waals surface area contributed by atoms with Gasteiger partial charge in [-0.05, 0) is 55.1 Å². The molecule has 5 heteroatoms. The van der Waals surface area contributed by atoms with Crippen LogP contribution in [0.1, 0.15) is 49.7 Å². The monoisotopic (exact) mass is 750 g/mol. The zero-order valence-electron chi connectivity index (χ0n) is 24.5. The van der Waals surface area contributed by atoms with E-state index in [0.29, 0.717) is 5.92 Å². The van der Waals surface area contributed by atoms with Crippen LogP contribution in [0.5, 0.6) is 0 Å². The van der Waals surface area contributed by atoms with E-state index in [2.05, 4.69) is 83.2 Å². The van der Waals surface area contributed by atoms with Gasteiger partial charge in [0, 0.05) is 43.8 Å². The van der Waals surface area contributed by atoms with E-state index in [1.807, 2.05) is 48.7 Å². The maximum absolute atomic E-state index is 6.13. The number of imidazole rings is 1. The fourth-order valence-corrected chi connectivity index (χ4v) is 6.74. The van der Waals surface area contributed by atoms with Gasteiger partial charge in [-0.15, -0.1) is 54.1 Å². The van der Waals surface area contributed by atoms with Gasteiger partial charge in [-0.25, -0.2) is 0 Å². The van der Waals surface area contributed by atoms with Gasteiger partial charge >= 0.3 is 0 Å². The molecule has 0 spiro atoms. The number of rotatable bonds is 3. The van der Waals surface area contributed by atoms with Crippen LogP contribution in [0.2, 0.25) is 0 Å². The summed E-state index contributed by atoms with van der Waals surface area (Å²) in [7, 11) is 0. The van der Waals surface area contributed by atoms with Crippen molar-refractivity contribution in [1.29, 1.82) is 0 Å². The second kappa shape index (κ2) is 12.0. The van der Waals surface area contributed by atoms with E-state index in [1.165, 1.54) is 47.9 Å². The van der Waals surface area contributed by atoms with Crippen molar-refractivity contribution in [3.8, 4) is 22.6 Å². The zero-order chi connectivity index (χ0) is 28.8. The summed E-state index contributed by atoms with van der Waals surface area (Å²) in [5.41, 5.74) is 11.1. The van der Waals surface area contributed by atoms with E-state index in [-0.39, 0.29) is 20.1 Å². The second-order valence-corrected chi connectivity index (χ2v) is 11.5. The van der Waals surface area contributed by atoms with Crippen LogP contribution >= 0.6 is 0 Å². The molecule has 0 amide bonds. The van der Waals surface area contributed by atoms with Crippen LogP contribution in [0.3, 0.4) is 0 Å². The molecule has 1 aliphatic heterocycles. The number of benzene rings is 4. The third-order valence-corrected chi connectivity index (χ3v) is 8.93. The maximum atomic E-state index is 6.13. The number of fused-ring (bicyclic) bond motifs is 3. The van der Waals surface area contributed by atoms with E-state index < -0.39 is 0 Å². The largest absolute Gasteiger partial charge is 0.501 e. The number of pyridine rings is 1. The van der Waals surface area contributed by atoms with Crippen LogP contribution in [0.15, 0.2) is 108 Å². The number of para-hydroxylation sites is 2. The van der Waals surface area contributed by atoms with Crippen molar-refractivity contribution in [3.63, 3.8) is 0 Å². The molecular formula is C39H31IrN3O-2. The van der Waals surface area contributed by atoms with Gasteiger partial charge < -0.3 is 14.0 Å². The van der Waals surface area contributed by atoms with Gasteiger partial charge in [-0.3, -0.25) is 4.98 Å². The predicted molar refractivity (Wildman–Crippen MR) is 175 cm³/mol. The summed E-state index contributed by atoms with van der Waals surface area (Å²) in [6.45, 7) is 3.05. The number of hydrogen-bond acceptors (Lipinski definition) is 3. The fraction of sp³-hybridized carbons (Fsp3) is 0.179. The summed E-state index contributed by atoms with van der Waals surface area (Å²) < 4.78 is 8.41. The Morgan fingerprint density at radius 1 is 0.864 bits per heavy atom. The van der Waals surface area contributed by atoms with Gasteiger partial charge in [-0.1, -0.05) is 71.8 Å². The fourth-order valence-electron chi connectivity index (χ4n) is 6.74. The number of hydrogen-bond donors (Lipinski definition) is 0. The quantitative estimate of drug-likeness (QED) is 0.169. The van der Waals surface area contributed by atoms with Crippen LogP contribution in [-0.4, -0.2) is 14.5 Å². The average Bonchev–Trinajstić information content (AvgIpc) is 3.82. The first-order valence-corrected chi connectivity index (χ1v) is 15.2. The molecule has 1 saturated carbocycles. The molecule has 1 fully saturated rings. The van der Waals surface area contributed by atoms with E-state index in [9.17, 15) is 0 Å². The van der Waals surface area contributed by atoms with Crippen molar-refractivity contribution in [3.05, 3.63) is 127 Å². The molecule has 4 aromatic carbocycles. The maximum Gasteiger partial charge on any atom is 0.120 e. The van der Waals surface area contributed by atoms with E-state index in [1.54, 1.807) is 0 Å². The summed E-state index contributed by atoms with van der Waals surface area (Å²) in [6, 6.07) is 37.6. The Bertz CT molecular complexity index is 2130. The van der Waals surface area contributed by atoms with Crippen molar-refractivity contribution in [2.75, 3.05) is 0 Å². The summed E-state index contributed by atoms with van der Waals surface area (Å²) in [5, 5.41) is 2.28. The van der Waals surface area contributed by atoms with Crippen molar-refractivity contribution in [2.24, 2.45) is 0 Å². The number of nitrogens with zero attached hydrogens (tertiary/aromatic N) is 3. The molecule has 2 aliphatic rings. The van der Waals surface area contributed by atoms with Crippen LogP contribution in [0.25, 0.3) is 61.2 Å². The molecule has 7 aromatic rings. The van der Waals surface area contributed by atoms with Crippen LogP contribution in [0, 0.1) is 12.1 Å². The Labute approximate surface area is 270 Å². The van der Waals surface area contributed by atoms with Gasteiger partial charge in [-0.2, -0.15) is 0 Å². The molecule has 44 heavy (non-hydrogen) atoms. The molecule has 219 valence electrons. The first-order chi connectivity index (χ1) is 21.2. The molecule has 0 saturated heterocycles. The zero-order valence-corrected chi connectivity index (χ0v) is 26.9. The van der Waals surface area contributed by atoms with Crippen molar-refractivity contribution in [1.82, 2.24) is 14.5 Å². The summed E-state index contributed by atoms with van der Waals surface area (Å²) in [6.07, 6.45) is 9.46. The average molecular weight is 750 g/mol. The van der Waals surface area contributed by atoms with E-state index >= 15 is 0 Å². The smallest absolute Gasteiger partial charge is 0.120 e. The Balaban J connectivity index is 0.000000142. The Morgan fingerprint density at radius 3 is 2.59 bits per heavy atom. The molecular weight excluding hydrogens is 719 g/mol. The first-order valence-electron chi connectivity index (χ1n) is 15.2. The molecule has 0 atom stereocenters. The normalized spacial score (nSPS) is 14.3. The minimum absolute atomic E-state index is 0. The molecule has 1 aliphatic carbocycles. The molecule has 1 radical (unpaired) electrons. The summed E-state index contributed by atoms with van der Waals surface area (Å²) in [5.74, 6) is 1.69. The Kier molecular flexibility index (Phi) is 7.76. The molecule has 9 rings (SSSR count). The third kappa shape index (κ3) is 5.00. The van der Waals surface area contributed by atoms with Gasteiger partial charge in [0.15, 0.2) is 0 Å². The van der Waals surface area contributed by atoms with Crippen molar-refractivity contribution in [2.45, 2.75) is 45.1 Å². The first kappa shape index (κ1) is 28.5. The second-order valence-electron chi connectivity index (χ2n) is 11.5. The molecule has 3 aromatic heterocycles. The van der Waals surface area contributed by atoms with Crippen molar-refractivity contribution >= 4 is 38.5 Å². The van der Waals surface area contributed by atoms with E-state index in [0.717, 1.165) is 56.6 Å². The van der Waals surface area contributed by atoms with Crippen LogP contribution < -0.4 is 0 Å². The predicted octanol–water partition coefficient (Wildman–Crippen LogP) is 10.0. The number of furan rings is 1. The molecule has 4 heterocycles. The summed E-state index contributed by atoms with van der Waals surface area (Å²) in [4.78, 5) is 9.40. The SMILES string of the molecule is CC1=CCn2c(-c3[c-]cccc3)nc3cccc1c32.[Ir].[c-]1ccc2c(oc3ccccc32)c1-c1cc(C2CCCC2)ccn1. The van der Waals surface area contributed by atoms with Crippen LogP contribution in [-0.2, 0) is 26.7 Å². The van der Waals surface area contributed by atoms with Gasteiger partial charge in [0.25, 0.3) is 0 Å². The molecule has 4 nitrogen and oxygen atoms in total. The Morgan fingerprint density at radius 2 is 1.73 bits per heavy atom.